The van der Waals surface area contributed by atoms with Gasteiger partial charge in [-0.25, -0.2) is 13.1 Å². The lowest BCUT2D eigenvalue weighted by molar-refractivity contribution is 0.560. The van der Waals surface area contributed by atoms with Crippen molar-refractivity contribution in [2.75, 3.05) is 13.1 Å². The molecule has 0 bridgehead atoms. The van der Waals surface area contributed by atoms with E-state index in [9.17, 15) is 8.42 Å². The molecule has 0 aromatic heterocycles. The van der Waals surface area contributed by atoms with Crippen molar-refractivity contribution in [3.8, 4) is 0 Å². The highest BCUT2D eigenvalue weighted by atomic mass is 32.2. The molecule has 1 fully saturated rings. The highest BCUT2D eigenvalue weighted by Crippen LogP contribution is 2.11. The zero-order valence-corrected chi connectivity index (χ0v) is 10.0. The molecule has 0 unspecified atom stereocenters. The van der Waals surface area contributed by atoms with Crippen LogP contribution in [0.5, 0.6) is 0 Å². The van der Waals surface area contributed by atoms with E-state index >= 15 is 0 Å². The molecule has 1 atom stereocenters. The molecule has 1 aromatic carbocycles. The Labute approximate surface area is 96.1 Å². The number of sulfonamides is 1. The molecule has 2 N–H and O–H groups in total. The first-order valence-corrected chi connectivity index (χ1v) is 6.86. The van der Waals surface area contributed by atoms with Gasteiger partial charge < -0.3 is 5.32 Å². The maximum Gasteiger partial charge on any atom is 0.240 e. The summed E-state index contributed by atoms with van der Waals surface area (Å²) in [6.45, 7) is 3.52. The molecule has 1 saturated heterocycles. The standard InChI is InChI=1S/C11H16N2O2S/c1-9-2-4-11(5-3-9)16(14,15)13-10-6-7-12-8-10/h2-5,10,12-13H,6-8H2,1H3/t10-/m0/s1. The van der Waals surface area contributed by atoms with E-state index in [-0.39, 0.29) is 6.04 Å². The summed E-state index contributed by atoms with van der Waals surface area (Å²) in [6, 6.07) is 6.91. The molecular weight excluding hydrogens is 224 g/mol. The lowest BCUT2D eigenvalue weighted by atomic mass is 10.2. The van der Waals surface area contributed by atoms with Gasteiger partial charge in [0.2, 0.25) is 10.0 Å². The van der Waals surface area contributed by atoms with E-state index < -0.39 is 10.0 Å². The molecule has 2 rings (SSSR count). The molecule has 5 heteroatoms. The summed E-state index contributed by atoms with van der Waals surface area (Å²) < 4.78 is 26.6. The number of hydrogen-bond acceptors (Lipinski definition) is 3. The van der Waals surface area contributed by atoms with Crippen molar-refractivity contribution in [3.63, 3.8) is 0 Å². The quantitative estimate of drug-likeness (QED) is 0.815. The molecule has 88 valence electrons. The topological polar surface area (TPSA) is 58.2 Å². The van der Waals surface area contributed by atoms with E-state index in [0.717, 1.165) is 18.5 Å². The van der Waals surface area contributed by atoms with Crippen LogP contribution in [0.25, 0.3) is 0 Å². The zero-order chi connectivity index (χ0) is 11.6. The van der Waals surface area contributed by atoms with E-state index in [0.29, 0.717) is 11.4 Å². The predicted molar refractivity (Wildman–Crippen MR) is 62.8 cm³/mol. The van der Waals surface area contributed by atoms with Gasteiger partial charge in [-0.2, -0.15) is 0 Å². The van der Waals surface area contributed by atoms with Gasteiger partial charge in [0.25, 0.3) is 0 Å². The number of benzene rings is 1. The van der Waals surface area contributed by atoms with Gasteiger partial charge in [0, 0.05) is 12.6 Å². The highest BCUT2D eigenvalue weighted by Gasteiger charge is 2.22. The summed E-state index contributed by atoms with van der Waals surface area (Å²) in [5.74, 6) is 0. The van der Waals surface area contributed by atoms with Gasteiger partial charge in [0.15, 0.2) is 0 Å². The Bertz CT molecular complexity index is 447. The molecule has 0 aliphatic carbocycles. The average molecular weight is 240 g/mol. The van der Waals surface area contributed by atoms with Gasteiger partial charge in [0.1, 0.15) is 0 Å². The van der Waals surface area contributed by atoms with Crippen molar-refractivity contribution < 1.29 is 8.42 Å². The van der Waals surface area contributed by atoms with Crippen LogP contribution in [0.3, 0.4) is 0 Å². The van der Waals surface area contributed by atoms with Crippen LogP contribution in [0.4, 0.5) is 0 Å². The Hall–Kier alpha value is -0.910. The highest BCUT2D eigenvalue weighted by molar-refractivity contribution is 7.89. The monoisotopic (exact) mass is 240 g/mol. The minimum atomic E-state index is -3.35. The van der Waals surface area contributed by atoms with Gasteiger partial charge >= 0.3 is 0 Å². The number of nitrogens with one attached hydrogen (secondary N) is 2. The molecule has 0 saturated carbocycles. The summed E-state index contributed by atoms with van der Waals surface area (Å²) in [7, 11) is -3.35. The fraction of sp³-hybridized carbons (Fsp3) is 0.455. The summed E-state index contributed by atoms with van der Waals surface area (Å²) in [5.41, 5.74) is 1.06. The van der Waals surface area contributed by atoms with E-state index in [1.54, 1.807) is 12.1 Å². The predicted octanol–water partition coefficient (Wildman–Crippen LogP) is 0.635. The molecule has 1 aliphatic heterocycles. The Morgan fingerprint density at radius 1 is 1.31 bits per heavy atom. The van der Waals surface area contributed by atoms with Crippen molar-refractivity contribution in [1.82, 2.24) is 10.0 Å². The second kappa shape index (κ2) is 4.53. The average Bonchev–Trinajstić information content (AvgIpc) is 2.70. The van der Waals surface area contributed by atoms with Crippen LogP contribution in [0.1, 0.15) is 12.0 Å². The molecule has 16 heavy (non-hydrogen) atoms. The largest absolute Gasteiger partial charge is 0.315 e. The maximum absolute atomic E-state index is 12.0. The maximum atomic E-state index is 12.0. The normalized spacial score (nSPS) is 21.2. The van der Waals surface area contributed by atoms with Crippen molar-refractivity contribution in [3.05, 3.63) is 29.8 Å². The molecule has 0 radical (unpaired) electrons. The molecular formula is C11H16N2O2S. The van der Waals surface area contributed by atoms with Crippen molar-refractivity contribution >= 4 is 10.0 Å². The SMILES string of the molecule is Cc1ccc(S(=O)(=O)N[C@H]2CCNC2)cc1. The molecule has 0 spiro atoms. The fourth-order valence-electron chi connectivity index (χ4n) is 1.76. The van der Waals surface area contributed by atoms with Crippen LogP contribution in [-0.2, 0) is 10.0 Å². The van der Waals surface area contributed by atoms with Gasteiger partial charge in [-0.1, -0.05) is 17.7 Å². The summed E-state index contributed by atoms with van der Waals surface area (Å²) in [4.78, 5) is 0.338. The lowest BCUT2D eigenvalue weighted by Crippen LogP contribution is -2.36. The molecule has 4 nitrogen and oxygen atoms in total. The second-order valence-electron chi connectivity index (χ2n) is 4.12. The minimum absolute atomic E-state index is 0.0197. The van der Waals surface area contributed by atoms with E-state index in [2.05, 4.69) is 10.0 Å². The first kappa shape index (κ1) is 11.6. The van der Waals surface area contributed by atoms with Crippen LogP contribution in [0, 0.1) is 6.92 Å². The third-order valence-corrected chi connectivity index (χ3v) is 4.25. The first-order valence-electron chi connectivity index (χ1n) is 5.38. The number of hydrogen-bond donors (Lipinski definition) is 2. The van der Waals surface area contributed by atoms with Crippen molar-refractivity contribution in [2.45, 2.75) is 24.3 Å². The Morgan fingerprint density at radius 2 is 2.00 bits per heavy atom. The molecule has 0 amide bonds. The van der Waals surface area contributed by atoms with E-state index in [4.69, 9.17) is 0 Å². The zero-order valence-electron chi connectivity index (χ0n) is 9.23. The van der Waals surface area contributed by atoms with E-state index in [1.807, 2.05) is 19.1 Å². The van der Waals surface area contributed by atoms with Gasteiger partial charge in [0.05, 0.1) is 4.90 Å². The van der Waals surface area contributed by atoms with Crippen molar-refractivity contribution in [1.29, 1.82) is 0 Å². The van der Waals surface area contributed by atoms with Crippen LogP contribution < -0.4 is 10.0 Å². The van der Waals surface area contributed by atoms with Crippen LogP contribution in [0.15, 0.2) is 29.2 Å². The van der Waals surface area contributed by atoms with Crippen LogP contribution >= 0.6 is 0 Å². The fourth-order valence-corrected chi connectivity index (χ4v) is 3.03. The lowest BCUT2D eigenvalue weighted by Gasteiger charge is -2.11. The van der Waals surface area contributed by atoms with Crippen molar-refractivity contribution in [2.24, 2.45) is 0 Å². The summed E-state index contributed by atoms with van der Waals surface area (Å²) >= 11 is 0. The molecule has 1 aliphatic rings. The number of rotatable bonds is 3. The summed E-state index contributed by atoms with van der Waals surface area (Å²) in [5, 5.41) is 3.13. The number of aryl methyl sites for hydroxylation is 1. The smallest absolute Gasteiger partial charge is 0.240 e. The molecule has 1 aromatic rings. The second-order valence-corrected chi connectivity index (χ2v) is 5.84. The van der Waals surface area contributed by atoms with Crippen LogP contribution in [0.2, 0.25) is 0 Å². The summed E-state index contributed by atoms with van der Waals surface area (Å²) in [6.07, 6.45) is 0.852. The van der Waals surface area contributed by atoms with Gasteiger partial charge in [-0.05, 0) is 32.0 Å². The van der Waals surface area contributed by atoms with Crippen LogP contribution in [-0.4, -0.2) is 27.5 Å². The van der Waals surface area contributed by atoms with Gasteiger partial charge in [-0.3, -0.25) is 0 Å². The Balaban J connectivity index is 2.14. The Kier molecular flexibility index (Phi) is 3.28. The minimum Gasteiger partial charge on any atom is -0.315 e. The third-order valence-electron chi connectivity index (χ3n) is 2.71. The van der Waals surface area contributed by atoms with Gasteiger partial charge in [-0.15, -0.1) is 0 Å². The first-order chi connectivity index (χ1) is 7.58. The molecule has 1 heterocycles. The third kappa shape index (κ3) is 2.61. The van der Waals surface area contributed by atoms with E-state index in [1.165, 1.54) is 0 Å². The Morgan fingerprint density at radius 3 is 2.56 bits per heavy atom.